The van der Waals surface area contributed by atoms with Crippen LogP contribution in [0.25, 0.3) is 0 Å². The van der Waals surface area contributed by atoms with Crippen molar-refractivity contribution in [3.63, 3.8) is 0 Å². The first-order valence-electron chi connectivity index (χ1n) is 5.96. The molecule has 18 heavy (non-hydrogen) atoms. The molecule has 6 heteroatoms. The van der Waals surface area contributed by atoms with Crippen LogP contribution in [0, 0.1) is 0 Å². The van der Waals surface area contributed by atoms with E-state index in [4.69, 9.17) is 10.5 Å². The molecular weight excluding hydrogens is 252 g/mol. The Bertz CT molecular complexity index is 538. The summed E-state index contributed by atoms with van der Waals surface area (Å²) in [4.78, 5) is 0.164. The standard InChI is InChI=1S/C12H18N2O3S/c1-3-14(9-4-5-9)18(15,16)12-7-6-10(17-2)8-11(12)13/h6-9H,3-5,13H2,1-2H3. The Morgan fingerprint density at radius 1 is 1.44 bits per heavy atom. The van der Waals surface area contributed by atoms with E-state index in [1.54, 1.807) is 6.07 Å². The van der Waals surface area contributed by atoms with Crippen molar-refractivity contribution in [2.75, 3.05) is 19.4 Å². The summed E-state index contributed by atoms with van der Waals surface area (Å²) in [6.45, 7) is 2.31. The summed E-state index contributed by atoms with van der Waals surface area (Å²) in [5.41, 5.74) is 6.04. The van der Waals surface area contributed by atoms with Gasteiger partial charge in [0.25, 0.3) is 0 Å². The summed E-state index contributed by atoms with van der Waals surface area (Å²) >= 11 is 0. The molecular formula is C12H18N2O3S. The summed E-state index contributed by atoms with van der Waals surface area (Å²) < 4.78 is 31.5. The highest BCUT2D eigenvalue weighted by atomic mass is 32.2. The van der Waals surface area contributed by atoms with Gasteiger partial charge in [-0.05, 0) is 25.0 Å². The molecule has 0 aliphatic heterocycles. The second-order valence-corrected chi connectivity index (χ2v) is 6.20. The van der Waals surface area contributed by atoms with E-state index in [9.17, 15) is 8.42 Å². The van der Waals surface area contributed by atoms with E-state index in [0.717, 1.165) is 12.8 Å². The van der Waals surface area contributed by atoms with E-state index < -0.39 is 10.0 Å². The molecule has 1 aromatic carbocycles. The van der Waals surface area contributed by atoms with Gasteiger partial charge in [-0.15, -0.1) is 0 Å². The number of anilines is 1. The Balaban J connectivity index is 2.40. The van der Waals surface area contributed by atoms with Crippen LogP contribution >= 0.6 is 0 Å². The van der Waals surface area contributed by atoms with Crippen molar-refractivity contribution in [2.24, 2.45) is 0 Å². The van der Waals surface area contributed by atoms with E-state index in [0.29, 0.717) is 12.3 Å². The third-order valence-corrected chi connectivity index (χ3v) is 5.17. The molecule has 0 unspecified atom stereocenters. The molecule has 0 spiro atoms. The fraction of sp³-hybridized carbons (Fsp3) is 0.500. The summed E-state index contributed by atoms with van der Waals surface area (Å²) in [7, 11) is -1.97. The maximum atomic E-state index is 12.5. The molecule has 100 valence electrons. The fourth-order valence-electron chi connectivity index (χ4n) is 2.00. The van der Waals surface area contributed by atoms with Gasteiger partial charge < -0.3 is 10.5 Å². The van der Waals surface area contributed by atoms with Gasteiger partial charge in [0.05, 0.1) is 12.8 Å². The average Bonchev–Trinajstić information content (AvgIpc) is 3.13. The van der Waals surface area contributed by atoms with E-state index >= 15 is 0 Å². The number of sulfonamides is 1. The molecule has 1 aromatic rings. The lowest BCUT2D eigenvalue weighted by Crippen LogP contribution is -2.33. The summed E-state index contributed by atoms with van der Waals surface area (Å²) in [6.07, 6.45) is 1.87. The SMILES string of the molecule is CCN(C1CC1)S(=O)(=O)c1ccc(OC)cc1N. The first kappa shape index (κ1) is 13.2. The topological polar surface area (TPSA) is 72.6 Å². The van der Waals surface area contributed by atoms with Crippen molar-refractivity contribution in [3.8, 4) is 5.75 Å². The third-order valence-electron chi connectivity index (χ3n) is 3.07. The Kier molecular flexibility index (Phi) is 3.49. The highest BCUT2D eigenvalue weighted by molar-refractivity contribution is 7.89. The molecule has 0 radical (unpaired) electrons. The Morgan fingerprint density at radius 3 is 2.56 bits per heavy atom. The van der Waals surface area contributed by atoms with Crippen molar-refractivity contribution in [1.29, 1.82) is 0 Å². The van der Waals surface area contributed by atoms with Crippen molar-refractivity contribution in [1.82, 2.24) is 4.31 Å². The van der Waals surface area contributed by atoms with Crippen LogP contribution in [0.15, 0.2) is 23.1 Å². The number of nitrogen functional groups attached to an aromatic ring is 1. The molecule has 1 saturated carbocycles. The lowest BCUT2D eigenvalue weighted by atomic mass is 10.3. The second-order valence-electron chi connectivity index (χ2n) is 4.34. The summed E-state index contributed by atoms with van der Waals surface area (Å²) in [5.74, 6) is 0.556. The maximum Gasteiger partial charge on any atom is 0.245 e. The minimum absolute atomic E-state index is 0.140. The molecule has 2 rings (SSSR count). The number of benzene rings is 1. The lowest BCUT2D eigenvalue weighted by molar-refractivity contribution is 0.413. The van der Waals surface area contributed by atoms with E-state index in [1.165, 1.54) is 23.5 Å². The van der Waals surface area contributed by atoms with Crippen LogP contribution in [0.2, 0.25) is 0 Å². The highest BCUT2D eigenvalue weighted by Gasteiger charge is 2.37. The molecule has 1 aliphatic carbocycles. The zero-order valence-electron chi connectivity index (χ0n) is 10.6. The van der Waals surface area contributed by atoms with Crippen LogP contribution < -0.4 is 10.5 Å². The number of methoxy groups -OCH3 is 1. The van der Waals surface area contributed by atoms with Crippen LogP contribution in [0.3, 0.4) is 0 Å². The zero-order valence-corrected chi connectivity index (χ0v) is 11.4. The monoisotopic (exact) mass is 270 g/mol. The quantitative estimate of drug-likeness (QED) is 0.822. The summed E-state index contributed by atoms with van der Waals surface area (Å²) in [6, 6.07) is 4.80. The predicted molar refractivity (Wildman–Crippen MR) is 70.0 cm³/mol. The Labute approximate surface area is 108 Å². The largest absolute Gasteiger partial charge is 0.497 e. The van der Waals surface area contributed by atoms with Crippen LogP contribution in [-0.4, -0.2) is 32.4 Å². The van der Waals surface area contributed by atoms with Crippen LogP contribution in [0.5, 0.6) is 5.75 Å². The molecule has 0 bridgehead atoms. The van der Waals surface area contributed by atoms with Gasteiger partial charge in [-0.25, -0.2) is 8.42 Å². The van der Waals surface area contributed by atoms with Gasteiger partial charge in [-0.1, -0.05) is 6.92 Å². The Hall–Kier alpha value is -1.27. The third kappa shape index (κ3) is 2.30. The predicted octanol–water partition coefficient (Wildman–Crippen LogP) is 1.45. The number of ether oxygens (including phenoxy) is 1. The van der Waals surface area contributed by atoms with Crippen LogP contribution in [0.4, 0.5) is 5.69 Å². The molecule has 2 N–H and O–H groups in total. The average molecular weight is 270 g/mol. The number of nitrogens with two attached hydrogens (primary N) is 1. The van der Waals surface area contributed by atoms with E-state index in [1.807, 2.05) is 6.92 Å². The van der Waals surface area contributed by atoms with Gasteiger partial charge in [-0.2, -0.15) is 4.31 Å². The molecule has 0 amide bonds. The normalized spacial score (nSPS) is 15.9. The van der Waals surface area contributed by atoms with Gasteiger partial charge in [0, 0.05) is 18.7 Å². The van der Waals surface area contributed by atoms with Gasteiger partial charge in [0.15, 0.2) is 0 Å². The number of hydrogen-bond acceptors (Lipinski definition) is 4. The van der Waals surface area contributed by atoms with E-state index in [2.05, 4.69) is 0 Å². The first-order valence-corrected chi connectivity index (χ1v) is 7.40. The molecule has 0 heterocycles. The minimum atomic E-state index is -3.49. The lowest BCUT2D eigenvalue weighted by Gasteiger charge is -2.21. The van der Waals surface area contributed by atoms with Crippen LogP contribution in [0.1, 0.15) is 19.8 Å². The Morgan fingerprint density at radius 2 is 2.11 bits per heavy atom. The van der Waals surface area contributed by atoms with Gasteiger partial charge in [0.2, 0.25) is 10.0 Å². The maximum absolute atomic E-state index is 12.5. The molecule has 0 aromatic heterocycles. The molecule has 5 nitrogen and oxygen atoms in total. The number of nitrogens with zero attached hydrogens (tertiary/aromatic N) is 1. The summed E-state index contributed by atoms with van der Waals surface area (Å²) in [5, 5.41) is 0. The first-order chi connectivity index (χ1) is 8.50. The highest BCUT2D eigenvalue weighted by Crippen LogP contribution is 2.34. The van der Waals surface area contributed by atoms with Gasteiger partial charge in [-0.3, -0.25) is 0 Å². The smallest absolute Gasteiger partial charge is 0.245 e. The molecule has 0 saturated heterocycles. The number of hydrogen-bond donors (Lipinski definition) is 1. The van der Waals surface area contributed by atoms with Crippen molar-refractivity contribution in [2.45, 2.75) is 30.7 Å². The molecule has 1 aliphatic rings. The zero-order chi connectivity index (χ0) is 13.3. The number of rotatable bonds is 5. The van der Waals surface area contributed by atoms with Crippen LogP contribution in [-0.2, 0) is 10.0 Å². The van der Waals surface area contributed by atoms with E-state index in [-0.39, 0.29) is 16.6 Å². The van der Waals surface area contributed by atoms with Gasteiger partial charge >= 0.3 is 0 Å². The van der Waals surface area contributed by atoms with Crippen molar-refractivity contribution in [3.05, 3.63) is 18.2 Å². The van der Waals surface area contributed by atoms with Gasteiger partial charge in [0.1, 0.15) is 10.6 Å². The van der Waals surface area contributed by atoms with Crippen molar-refractivity contribution >= 4 is 15.7 Å². The van der Waals surface area contributed by atoms with Crippen molar-refractivity contribution < 1.29 is 13.2 Å². The fourth-order valence-corrected chi connectivity index (χ4v) is 3.79. The second kappa shape index (κ2) is 4.78. The minimum Gasteiger partial charge on any atom is -0.497 e. The molecule has 1 fully saturated rings. The molecule has 0 atom stereocenters.